The van der Waals surface area contributed by atoms with Crippen molar-refractivity contribution in [3.63, 3.8) is 0 Å². The highest BCUT2D eigenvalue weighted by Gasteiger charge is 2.25. The molecular weight excluding hydrogens is 180 g/mol. The van der Waals surface area contributed by atoms with E-state index in [9.17, 15) is 13.5 Å². The minimum absolute atomic E-state index is 0.395. The molecule has 0 aromatic carbocycles. The largest absolute Gasteiger partial charge is 0.391 e. The van der Waals surface area contributed by atoms with Crippen molar-refractivity contribution in [1.29, 1.82) is 0 Å². The van der Waals surface area contributed by atoms with E-state index in [0.717, 1.165) is 12.8 Å². The first-order valence-electron chi connectivity index (χ1n) is 3.97. The van der Waals surface area contributed by atoms with Crippen LogP contribution in [0.5, 0.6) is 0 Å². The van der Waals surface area contributed by atoms with Crippen LogP contribution in [-0.4, -0.2) is 25.7 Å². The molecule has 12 heavy (non-hydrogen) atoms. The fourth-order valence-corrected chi connectivity index (χ4v) is 2.16. The SMILES string of the molecule is NS(=O)(=O)NC1CCCCC1O. The molecule has 2 atom stereocenters. The third-order valence-corrected chi connectivity index (χ3v) is 2.68. The average Bonchev–Trinajstić information content (AvgIpc) is 1.91. The summed E-state index contributed by atoms with van der Waals surface area (Å²) in [5.74, 6) is 0. The van der Waals surface area contributed by atoms with E-state index in [-0.39, 0.29) is 0 Å². The summed E-state index contributed by atoms with van der Waals surface area (Å²) in [4.78, 5) is 0. The molecule has 0 saturated heterocycles. The van der Waals surface area contributed by atoms with Crippen molar-refractivity contribution in [1.82, 2.24) is 4.72 Å². The molecule has 0 aliphatic heterocycles. The second kappa shape index (κ2) is 3.69. The molecule has 0 radical (unpaired) electrons. The van der Waals surface area contributed by atoms with Gasteiger partial charge in [0.15, 0.2) is 0 Å². The van der Waals surface area contributed by atoms with Crippen molar-refractivity contribution >= 4 is 10.2 Å². The summed E-state index contributed by atoms with van der Waals surface area (Å²) < 4.78 is 23.4. The Morgan fingerprint density at radius 2 is 1.92 bits per heavy atom. The Balaban J connectivity index is 2.50. The second-order valence-electron chi connectivity index (χ2n) is 3.12. The molecule has 1 aliphatic rings. The lowest BCUT2D eigenvalue weighted by Gasteiger charge is -2.27. The Bertz CT molecular complexity index is 239. The van der Waals surface area contributed by atoms with Crippen molar-refractivity contribution in [3.8, 4) is 0 Å². The summed E-state index contributed by atoms with van der Waals surface area (Å²) in [6, 6.07) is -0.395. The van der Waals surface area contributed by atoms with E-state index in [1.54, 1.807) is 0 Å². The van der Waals surface area contributed by atoms with Crippen molar-refractivity contribution in [2.45, 2.75) is 37.8 Å². The van der Waals surface area contributed by atoms with Gasteiger partial charge >= 0.3 is 0 Å². The van der Waals surface area contributed by atoms with Gasteiger partial charge in [0.05, 0.1) is 6.10 Å². The Hall–Kier alpha value is -0.170. The van der Waals surface area contributed by atoms with Crippen LogP contribution in [0.15, 0.2) is 0 Å². The molecule has 1 rings (SSSR count). The summed E-state index contributed by atoms with van der Waals surface area (Å²) in [6.07, 6.45) is 2.61. The molecule has 0 aromatic rings. The van der Waals surface area contributed by atoms with Crippen LogP contribution in [-0.2, 0) is 10.2 Å². The lowest BCUT2D eigenvalue weighted by Crippen LogP contribution is -2.47. The van der Waals surface area contributed by atoms with Crippen LogP contribution in [0.25, 0.3) is 0 Å². The number of hydrogen-bond donors (Lipinski definition) is 3. The lowest BCUT2D eigenvalue weighted by molar-refractivity contribution is 0.101. The summed E-state index contributed by atoms with van der Waals surface area (Å²) in [7, 11) is -3.67. The summed E-state index contributed by atoms with van der Waals surface area (Å²) in [5.41, 5.74) is 0. The first-order valence-corrected chi connectivity index (χ1v) is 5.52. The number of nitrogens with two attached hydrogens (primary N) is 1. The molecule has 0 bridgehead atoms. The molecule has 1 saturated carbocycles. The summed E-state index contributed by atoms with van der Waals surface area (Å²) >= 11 is 0. The van der Waals surface area contributed by atoms with Crippen molar-refractivity contribution in [2.24, 2.45) is 5.14 Å². The van der Waals surface area contributed by atoms with Gasteiger partial charge in [0.1, 0.15) is 0 Å². The number of hydrogen-bond acceptors (Lipinski definition) is 3. The summed E-state index contributed by atoms with van der Waals surface area (Å²) in [6.45, 7) is 0. The zero-order valence-corrected chi connectivity index (χ0v) is 7.55. The van der Waals surface area contributed by atoms with Crippen LogP contribution >= 0.6 is 0 Å². The molecule has 1 fully saturated rings. The van der Waals surface area contributed by atoms with Crippen LogP contribution in [0.3, 0.4) is 0 Å². The van der Waals surface area contributed by atoms with Gasteiger partial charge in [-0.3, -0.25) is 0 Å². The standard InChI is InChI=1S/C6H14N2O3S/c7-12(10,11)8-5-3-1-2-4-6(5)9/h5-6,8-9H,1-4H2,(H2,7,10,11). The van der Waals surface area contributed by atoms with E-state index in [1.807, 2.05) is 0 Å². The van der Waals surface area contributed by atoms with Crippen LogP contribution in [0.2, 0.25) is 0 Å². The molecule has 0 aromatic heterocycles. The fraction of sp³-hybridized carbons (Fsp3) is 1.00. The van der Waals surface area contributed by atoms with Gasteiger partial charge in [-0.15, -0.1) is 0 Å². The average molecular weight is 194 g/mol. The molecule has 1 aliphatic carbocycles. The number of aliphatic hydroxyl groups is 1. The Morgan fingerprint density at radius 1 is 1.33 bits per heavy atom. The van der Waals surface area contributed by atoms with Crippen molar-refractivity contribution in [3.05, 3.63) is 0 Å². The quantitative estimate of drug-likeness (QED) is 0.531. The van der Waals surface area contributed by atoms with E-state index in [0.29, 0.717) is 12.8 Å². The molecule has 5 nitrogen and oxygen atoms in total. The molecule has 2 unspecified atom stereocenters. The predicted octanol–water partition coefficient (Wildman–Crippen LogP) is -0.917. The normalized spacial score (nSPS) is 31.8. The Kier molecular flexibility index (Phi) is 3.05. The van der Waals surface area contributed by atoms with Crippen LogP contribution in [0.4, 0.5) is 0 Å². The van der Waals surface area contributed by atoms with Crippen LogP contribution in [0.1, 0.15) is 25.7 Å². The zero-order valence-electron chi connectivity index (χ0n) is 6.73. The first kappa shape index (κ1) is 9.91. The minimum atomic E-state index is -3.67. The highest BCUT2D eigenvalue weighted by Crippen LogP contribution is 2.18. The Labute approximate surface area is 72.1 Å². The minimum Gasteiger partial charge on any atom is -0.391 e. The maximum Gasteiger partial charge on any atom is 0.274 e. The van der Waals surface area contributed by atoms with Gasteiger partial charge in [-0.1, -0.05) is 12.8 Å². The van der Waals surface area contributed by atoms with Crippen LogP contribution in [0, 0.1) is 0 Å². The van der Waals surface area contributed by atoms with Crippen LogP contribution < -0.4 is 9.86 Å². The second-order valence-corrected chi connectivity index (χ2v) is 4.45. The fourth-order valence-electron chi connectivity index (χ4n) is 1.46. The van der Waals surface area contributed by atoms with Crippen molar-refractivity contribution in [2.75, 3.05) is 0 Å². The molecule has 0 spiro atoms. The van der Waals surface area contributed by atoms with E-state index < -0.39 is 22.4 Å². The highest BCUT2D eigenvalue weighted by atomic mass is 32.2. The Morgan fingerprint density at radius 3 is 2.42 bits per heavy atom. The van der Waals surface area contributed by atoms with Gasteiger partial charge in [0.25, 0.3) is 10.2 Å². The molecule has 72 valence electrons. The van der Waals surface area contributed by atoms with E-state index in [1.165, 1.54) is 0 Å². The molecule has 4 N–H and O–H groups in total. The van der Waals surface area contributed by atoms with Crippen molar-refractivity contribution < 1.29 is 13.5 Å². The van der Waals surface area contributed by atoms with Gasteiger partial charge in [0, 0.05) is 6.04 Å². The number of nitrogens with one attached hydrogen (secondary N) is 1. The van der Waals surface area contributed by atoms with Gasteiger partial charge in [-0.25, -0.2) is 5.14 Å². The highest BCUT2D eigenvalue weighted by molar-refractivity contribution is 7.87. The smallest absolute Gasteiger partial charge is 0.274 e. The van der Waals surface area contributed by atoms with Gasteiger partial charge in [-0.2, -0.15) is 13.1 Å². The predicted molar refractivity (Wildman–Crippen MR) is 44.5 cm³/mol. The van der Waals surface area contributed by atoms with Gasteiger partial charge < -0.3 is 5.11 Å². The third-order valence-electron chi connectivity index (χ3n) is 2.05. The first-order chi connectivity index (χ1) is 5.49. The maximum atomic E-state index is 10.6. The maximum absolute atomic E-state index is 10.6. The molecule has 0 amide bonds. The van der Waals surface area contributed by atoms with Gasteiger partial charge in [-0.05, 0) is 12.8 Å². The third kappa shape index (κ3) is 3.06. The van der Waals surface area contributed by atoms with E-state index in [4.69, 9.17) is 5.14 Å². The van der Waals surface area contributed by atoms with Gasteiger partial charge in [0.2, 0.25) is 0 Å². The topological polar surface area (TPSA) is 92.4 Å². The molecular formula is C6H14N2O3S. The van der Waals surface area contributed by atoms with E-state index in [2.05, 4.69) is 4.72 Å². The number of rotatable bonds is 2. The molecule has 6 heteroatoms. The summed E-state index contributed by atoms with van der Waals surface area (Å²) in [5, 5.41) is 14.1. The monoisotopic (exact) mass is 194 g/mol. The molecule has 0 heterocycles. The number of aliphatic hydroxyl groups excluding tert-OH is 1. The van der Waals surface area contributed by atoms with E-state index >= 15 is 0 Å². The lowest BCUT2D eigenvalue weighted by atomic mass is 9.93. The zero-order chi connectivity index (χ0) is 9.19.